The summed E-state index contributed by atoms with van der Waals surface area (Å²) in [6, 6.07) is 6.11. The molecule has 1 aliphatic heterocycles. The highest BCUT2D eigenvalue weighted by molar-refractivity contribution is 6.30. The summed E-state index contributed by atoms with van der Waals surface area (Å²) in [6.45, 7) is 0.228. The average molecular weight is 617 g/mol. The number of rotatable bonds is 6. The van der Waals surface area contributed by atoms with Gasteiger partial charge in [0.15, 0.2) is 6.61 Å². The number of aliphatic hydroxyl groups is 1. The van der Waals surface area contributed by atoms with Crippen LogP contribution in [0.3, 0.4) is 0 Å². The van der Waals surface area contributed by atoms with E-state index in [1.165, 1.54) is 37.8 Å². The molecule has 0 radical (unpaired) electrons. The van der Waals surface area contributed by atoms with Crippen LogP contribution >= 0.6 is 11.6 Å². The maximum atomic E-state index is 14.1. The first-order valence-electron chi connectivity index (χ1n) is 16.2. The second kappa shape index (κ2) is 13.7. The second-order valence-electron chi connectivity index (χ2n) is 13.6. The highest BCUT2D eigenvalue weighted by Crippen LogP contribution is 2.48. The molecule has 3 unspecified atom stereocenters. The number of amides is 2. The molecule has 10 heteroatoms. The van der Waals surface area contributed by atoms with Crippen molar-refractivity contribution >= 4 is 23.4 Å². The minimum absolute atomic E-state index is 0.0172. The van der Waals surface area contributed by atoms with E-state index in [4.69, 9.17) is 16.3 Å². The lowest BCUT2D eigenvalue weighted by Gasteiger charge is -2.57. The molecular weight excluding hydrogens is 571 g/mol. The molecule has 1 aromatic rings. The van der Waals surface area contributed by atoms with Crippen molar-refractivity contribution in [3.63, 3.8) is 0 Å². The number of fused-ring (bicyclic) bond motifs is 3. The van der Waals surface area contributed by atoms with Crippen LogP contribution in [-0.2, 0) is 9.59 Å². The summed E-state index contributed by atoms with van der Waals surface area (Å²) in [5, 5.41) is 31.1. The predicted octanol–water partition coefficient (Wildman–Crippen LogP) is 5.31. The molecule has 236 valence electrons. The maximum Gasteiger partial charge on any atom is 0.258 e. The first-order chi connectivity index (χ1) is 20.7. The predicted molar refractivity (Wildman–Crippen MR) is 162 cm³/mol. The number of nitriles is 1. The van der Waals surface area contributed by atoms with Crippen molar-refractivity contribution < 1.29 is 23.8 Å². The average Bonchev–Trinajstić information content (AvgIpc) is 3.04. The molecule has 4 saturated carbocycles. The van der Waals surface area contributed by atoms with Crippen LogP contribution in [0.15, 0.2) is 18.2 Å². The maximum absolute atomic E-state index is 14.1. The molecular formula is C33H46ClFN4O4. The molecule has 1 spiro atoms. The smallest absolute Gasteiger partial charge is 0.258 e. The molecule has 3 atom stereocenters. The van der Waals surface area contributed by atoms with Crippen LogP contribution in [0, 0.1) is 28.5 Å². The van der Waals surface area contributed by atoms with Crippen molar-refractivity contribution in [2.75, 3.05) is 13.2 Å². The zero-order valence-electron chi connectivity index (χ0n) is 25.1. The summed E-state index contributed by atoms with van der Waals surface area (Å²) in [4.78, 5) is 26.9. The number of aliphatic hydroxyl groups excluding tert-OH is 1. The molecule has 2 bridgehead atoms. The van der Waals surface area contributed by atoms with E-state index in [-0.39, 0.29) is 46.6 Å². The number of halogens is 2. The molecule has 6 rings (SSSR count). The SMILES string of the molecule is N#CC1CNC(C(=O)NC23CCC(NC(=O)COc4ccc(Cl)c(F)c4)(CC2)CC3O)C2(CCCCCCCCCC2)C1. The van der Waals surface area contributed by atoms with Gasteiger partial charge in [-0.1, -0.05) is 63.0 Å². The summed E-state index contributed by atoms with van der Waals surface area (Å²) < 4.78 is 19.2. The number of nitrogens with zero attached hydrogens (tertiary/aromatic N) is 1. The molecule has 43 heavy (non-hydrogen) atoms. The monoisotopic (exact) mass is 616 g/mol. The van der Waals surface area contributed by atoms with Gasteiger partial charge in [0.05, 0.1) is 34.7 Å². The van der Waals surface area contributed by atoms with E-state index in [1.54, 1.807) is 0 Å². The van der Waals surface area contributed by atoms with E-state index in [1.807, 2.05) is 0 Å². The first-order valence-corrected chi connectivity index (χ1v) is 16.6. The van der Waals surface area contributed by atoms with Crippen LogP contribution in [-0.4, -0.2) is 53.3 Å². The molecule has 0 aromatic heterocycles. The lowest BCUT2D eigenvalue weighted by Crippen LogP contribution is -2.72. The van der Waals surface area contributed by atoms with Gasteiger partial charge in [0, 0.05) is 18.2 Å². The van der Waals surface area contributed by atoms with Crippen molar-refractivity contribution in [2.24, 2.45) is 11.3 Å². The third-order valence-electron chi connectivity index (χ3n) is 10.7. The third kappa shape index (κ3) is 7.29. The Morgan fingerprint density at radius 1 is 1.00 bits per heavy atom. The van der Waals surface area contributed by atoms with Gasteiger partial charge in [-0.25, -0.2) is 4.39 Å². The van der Waals surface area contributed by atoms with Crippen LogP contribution in [0.2, 0.25) is 5.02 Å². The first kappa shape index (κ1) is 32.0. The summed E-state index contributed by atoms with van der Waals surface area (Å²) in [7, 11) is 0. The Kier molecular flexibility index (Phi) is 10.2. The van der Waals surface area contributed by atoms with Gasteiger partial charge < -0.3 is 25.8 Å². The Morgan fingerprint density at radius 2 is 1.65 bits per heavy atom. The molecule has 1 heterocycles. The minimum atomic E-state index is -0.801. The number of nitrogens with one attached hydrogen (secondary N) is 3. The fraction of sp³-hybridized carbons (Fsp3) is 0.727. The van der Waals surface area contributed by atoms with E-state index >= 15 is 0 Å². The van der Waals surface area contributed by atoms with Crippen LogP contribution in [0.25, 0.3) is 0 Å². The van der Waals surface area contributed by atoms with E-state index in [0.717, 1.165) is 51.0 Å². The van der Waals surface area contributed by atoms with Gasteiger partial charge in [-0.2, -0.15) is 5.26 Å². The van der Waals surface area contributed by atoms with Crippen molar-refractivity contribution in [3.8, 4) is 11.8 Å². The molecule has 4 aliphatic carbocycles. The van der Waals surface area contributed by atoms with Gasteiger partial charge in [-0.3, -0.25) is 9.59 Å². The fourth-order valence-electron chi connectivity index (χ4n) is 8.28. The molecule has 1 aromatic carbocycles. The fourth-order valence-corrected chi connectivity index (χ4v) is 8.40. The Hall–Kier alpha value is -2.41. The van der Waals surface area contributed by atoms with E-state index in [2.05, 4.69) is 22.0 Å². The number of benzene rings is 1. The standard InChI is InChI=1S/C33H46ClFN4O4/c34-25-10-9-24(17-26(25)35)43-22-28(41)38-32-13-15-33(16-14-32,27(40)19-32)39-30(42)29-31(18-23(20-36)21-37-29)11-7-5-3-1-2-4-6-8-12-31/h9-10,17,23,27,29,37,40H,1-8,11-16,18-19,21-22H2,(H,38,41)(H,39,42). The number of ether oxygens (including phenoxy) is 1. The molecule has 5 fully saturated rings. The highest BCUT2D eigenvalue weighted by atomic mass is 35.5. The van der Waals surface area contributed by atoms with Gasteiger partial charge >= 0.3 is 0 Å². The van der Waals surface area contributed by atoms with Crippen LogP contribution in [0.5, 0.6) is 5.75 Å². The normalized spacial score (nSPS) is 32.7. The quantitative estimate of drug-likeness (QED) is 0.344. The molecule has 4 N–H and O–H groups in total. The van der Waals surface area contributed by atoms with Gasteiger partial charge in [-0.15, -0.1) is 0 Å². The highest BCUT2D eigenvalue weighted by Gasteiger charge is 2.57. The summed E-state index contributed by atoms with van der Waals surface area (Å²) in [5.74, 6) is -0.908. The number of hydrogen-bond acceptors (Lipinski definition) is 6. The van der Waals surface area contributed by atoms with Gasteiger partial charge in [0.1, 0.15) is 11.6 Å². The molecule has 1 saturated heterocycles. The van der Waals surface area contributed by atoms with Crippen molar-refractivity contribution in [2.45, 2.75) is 126 Å². The van der Waals surface area contributed by atoms with E-state index in [0.29, 0.717) is 38.6 Å². The van der Waals surface area contributed by atoms with Crippen molar-refractivity contribution in [1.82, 2.24) is 16.0 Å². The zero-order valence-corrected chi connectivity index (χ0v) is 25.8. The molecule has 2 amide bonds. The van der Waals surface area contributed by atoms with Gasteiger partial charge in [-0.05, 0) is 68.9 Å². The number of hydrogen-bond donors (Lipinski definition) is 4. The number of carbonyl (C=O) groups excluding carboxylic acids is 2. The molecule has 5 aliphatic rings. The van der Waals surface area contributed by atoms with E-state index in [9.17, 15) is 24.3 Å². The number of piperidine rings is 1. The lowest BCUT2D eigenvalue weighted by molar-refractivity contribution is -0.140. The summed E-state index contributed by atoms with van der Waals surface area (Å²) in [5.41, 5.74) is -1.57. The van der Waals surface area contributed by atoms with Crippen LogP contribution in [0.1, 0.15) is 103 Å². The van der Waals surface area contributed by atoms with E-state index < -0.39 is 23.0 Å². The van der Waals surface area contributed by atoms with Crippen LogP contribution in [0.4, 0.5) is 4.39 Å². The minimum Gasteiger partial charge on any atom is -0.484 e. The molecule has 8 nitrogen and oxygen atoms in total. The van der Waals surface area contributed by atoms with Crippen molar-refractivity contribution in [3.05, 3.63) is 29.0 Å². The summed E-state index contributed by atoms with van der Waals surface area (Å²) >= 11 is 5.72. The summed E-state index contributed by atoms with van der Waals surface area (Å²) in [6.07, 6.45) is 14.0. The zero-order chi connectivity index (χ0) is 30.5. The third-order valence-corrected chi connectivity index (χ3v) is 11.0. The second-order valence-corrected chi connectivity index (χ2v) is 14.0. The Labute approximate surface area is 259 Å². The topological polar surface area (TPSA) is 123 Å². The lowest BCUT2D eigenvalue weighted by atomic mass is 9.59. The van der Waals surface area contributed by atoms with Crippen molar-refractivity contribution in [1.29, 1.82) is 5.26 Å². The van der Waals surface area contributed by atoms with Crippen LogP contribution < -0.4 is 20.7 Å². The Balaban J connectivity index is 1.22. The van der Waals surface area contributed by atoms with Gasteiger partial charge in [0.2, 0.25) is 5.91 Å². The number of carbonyl (C=O) groups is 2. The Morgan fingerprint density at radius 3 is 2.26 bits per heavy atom. The Bertz CT molecular complexity index is 1190. The van der Waals surface area contributed by atoms with Gasteiger partial charge in [0.25, 0.3) is 5.91 Å². The largest absolute Gasteiger partial charge is 0.484 e.